The molecule has 1 aliphatic heterocycles. The smallest absolute Gasteiger partial charge is 0.287 e. The Morgan fingerprint density at radius 3 is 2.67 bits per heavy atom. The van der Waals surface area contributed by atoms with Crippen LogP contribution in [0, 0.1) is 28.6 Å². The number of anilines is 2. The third-order valence-electron chi connectivity index (χ3n) is 8.05. The lowest BCUT2D eigenvalue weighted by atomic mass is 9.85. The fourth-order valence-electron chi connectivity index (χ4n) is 5.48. The van der Waals surface area contributed by atoms with Crippen LogP contribution in [0.3, 0.4) is 0 Å². The summed E-state index contributed by atoms with van der Waals surface area (Å²) in [6, 6.07) is 19.0. The van der Waals surface area contributed by atoms with Crippen molar-refractivity contribution in [2.24, 2.45) is 16.8 Å². The highest BCUT2D eigenvalue weighted by Crippen LogP contribution is 2.42. The number of halogens is 2. The van der Waals surface area contributed by atoms with Gasteiger partial charge in [-0.1, -0.05) is 49.4 Å². The number of ketones is 1. The number of fused-ring (bicyclic) bond motifs is 1. The number of ether oxygens (including phenoxy) is 1. The summed E-state index contributed by atoms with van der Waals surface area (Å²) in [6.07, 6.45) is 6.19. The van der Waals surface area contributed by atoms with E-state index in [2.05, 4.69) is 23.0 Å². The molecule has 0 radical (unpaired) electrons. The molecule has 3 aliphatic rings. The number of benzene rings is 1. The van der Waals surface area contributed by atoms with Gasteiger partial charge in [-0.3, -0.25) is 9.79 Å². The second-order valence-corrected chi connectivity index (χ2v) is 11.4. The van der Waals surface area contributed by atoms with Crippen molar-refractivity contribution >= 4 is 34.2 Å². The zero-order chi connectivity index (χ0) is 32.6. The number of Topliss-reactive ketones (excluding diaryl/α,β-unsaturated/α-hetero) is 1. The van der Waals surface area contributed by atoms with Crippen LogP contribution in [0.1, 0.15) is 61.5 Å². The Bertz CT molecular complexity index is 1630. The number of nitrogens with zero attached hydrogens (tertiary/aromatic N) is 2. The normalized spacial score (nSPS) is 15.5. The molecule has 1 aromatic rings. The van der Waals surface area contributed by atoms with Crippen molar-refractivity contribution in [1.29, 1.82) is 10.7 Å². The van der Waals surface area contributed by atoms with Gasteiger partial charge in [-0.15, -0.1) is 6.58 Å². The lowest BCUT2D eigenvalue weighted by Crippen LogP contribution is -2.30. The maximum Gasteiger partial charge on any atom is 0.287 e. The number of hydrogen-bond acceptors (Lipinski definition) is 6. The molecule has 0 spiro atoms. The maximum absolute atomic E-state index is 14.7. The largest absolute Gasteiger partial charge is 0.381 e. The van der Waals surface area contributed by atoms with Crippen LogP contribution in [0.5, 0.6) is 0 Å². The van der Waals surface area contributed by atoms with Gasteiger partial charge in [0, 0.05) is 60.5 Å². The Morgan fingerprint density at radius 1 is 1.20 bits per heavy atom. The summed E-state index contributed by atoms with van der Waals surface area (Å²) in [7, 11) is 0. The molecule has 0 saturated heterocycles. The highest BCUT2D eigenvalue weighted by molar-refractivity contribution is 6.45. The fraction of sp³-hybridized carbons (Fsp3) is 0.351. The van der Waals surface area contributed by atoms with Gasteiger partial charge >= 0.3 is 0 Å². The molecular formula is C37H40F2N4O2. The number of aryl methyl sites for hydroxylation is 1. The van der Waals surface area contributed by atoms with Crippen molar-refractivity contribution < 1.29 is 18.3 Å². The predicted molar refractivity (Wildman–Crippen MR) is 178 cm³/mol. The first kappa shape index (κ1) is 33.4. The average Bonchev–Trinajstić information content (AvgIpc) is 3.36. The van der Waals surface area contributed by atoms with Gasteiger partial charge in [-0.05, 0) is 67.1 Å². The number of dihydropyridines is 1. The standard InChI is InChI=1S/C37H40F2N4O2/c1-5-7-10-18-45-19-17-33(41)35(44)28-14-13-27(20-25(28)6-2)43-34-12-9-8-11-29-30(15-16-31(29)34)32-21-26(24(3)22-40)23-42-36(32)37(4,38)39/h5,8-9,11-16,20-21,24,26,41,43H,1,6-7,10,17-19,23H2,2-4H3/t24?,26-/m0/s1. The zero-order valence-corrected chi connectivity index (χ0v) is 26.1. The number of aliphatic imine (C=N–C) groups is 1. The highest BCUT2D eigenvalue weighted by Gasteiger charge is 2.37. The summed E-state index contributed by atoms with van der Waals surface area (Å²) in [4.78, 5) is 17.4. The van der Waals surface area contributed by atoms with Crippen LogP contribution in [0.2, 0.25) is 0 Å². The molecule has 1 heterocycles. The van der Waals surface area contributed by atoms with Gasteiger partial charge in [0.05, 0.1) is 24.3 Å². The molecule has 0 bridgehead atoms. The SMILES string of the molecule is C=CCCCOCCC(=N)C(=O)c1ccc(Nc2ccccc3c(C4=C[C@H](C(C)C#N)CN=C4C(C)(F)F)ccc2-3)cc1CC. The first-order valence-corrected chi connectivity index (χ1v) is 15.4. The van der Waals surface area contributed by atoms with Crippen LogP contribution < -0.4 is 5.32 Å². The fourth-order valence-corrected chi connectivity index (χ4v) is 5.48. The summed E-state index contributed by atoms with van der Waals surface area (Å²) in [5.41, 5.74) is 5.19. The molecule has 1 aromatic carbocycles. The zero-order valence-electron chi connectivity index (χ0n) is 26.1. The Labute approximate surface area is 264 Å². The van der Waals surface area contributed by atoms with Crippen molar-refractivity contribution in [1.82, 2.24) is 0 Å². The number of allylic oxidation sites excluding steroid dienone is 2. The van der Waals surface area contributed by atoms with Crippen molar-refractivity contribution in [3.05, 3.63) is 90.0 Å². The molecule has 2 atom stereocenters. The molecular weight excluding hydrogens is 570 g/mol. The number of alkyl halides is 2. The first-order chi connectivity index (χ1) is 21.6. The van der Waals surface area contributed by atoms with Crippen LogP contribution in [0.4, 0.5) is 20.2 Å². The Balaban J connectivity index is 1.58. The Kier molecular flexibility index (Phi) is 11.1. The van der Waals surface area contributed by atoms with Crippen molar-refractivity contribution in [2.45, 2.75) is 52.4 Å². The molecule has 45 heavy (non-hydrogen) atoms. The lowest BCUT2D eigenvalue weighted by molar-refractivity contribution is 0.101. The van der Waals surface area contributed by atoms with E-state index in [9.17, 15) is 18.8 Å². The maximum atomic E-state index is 14.7. The van der Waals surface area contributed by atoms with Crippen molar-refractivity contribution in [2.75, 3.05) is 25.1 Å². The third-order valence-corrected chi connectivity index (χ3v) is 8.05. The van der Waals surface area contributed by atoms with E-state index in [0.29, 0.717) is 36.3 Å². The number of carbonyl (C=O) groups is 1. The molecule has 8 heteroatoms. The lowest BCUT2D eigenvalue weighted by Gasteiger charge is -2.26. The third kappa shape index (κ3) is 7.98. The summed E-state index contributed by atoms with van der Waals surface area (Å²) >= 11 is 0. The molecule has 2 N–H and O–H groups in total. The summed E-state index contributed by atoms with van der Waals surface area (Å²) in [5.74, 6) is -4.07. The van der Waals surface area contributed by atoms with Crippen LogP contribution in [-0.2, 0) is 11.2 Å². The Morgan fingerprint density at radius 2 is 1.96 bits per heavy atom. The van der Waals surface area contributed by atoms with Gasteiger partial charge in [-0.25, -0.2) is 0 Å². The molecule has 0 fully saturated rings. The second-order valence-electron chi connectivity index (χ2n) is 11.4. The topological polar surface area (TPSA) is 98.3 Å². The summed E-state index contributed by atoms with van der Waals surface area (Å²) in [5, 5.41) is 21.2. The van der Waals surface area contributed by atoms with E-state index in [1.807, 2.05) is 61.5 Å². The molecule has 0 aromatic heterocycles. The van der Waals surface area contributed by atoms with E-state index >= 15 is 0 Å². The van der Waals surface area contributed by atoms with Gasteiger partial charge in [0.25, 0.3) is 5.92 Å². The molecule has 6 nitrogen and oxygen atoms in total. The molecule has 2 aliphatic carbocycles. The van der Waals surface area contributed by atoms with E-state index in [1.165, 1.54) is 0 Å². The van der Waals surface area contributed by atoms with Gasteiger partial charge in [0.1, 0.15) is 5.71 Å². The van der Waals surface area contributed by atoms with E-state index in [0.717, 1.165) is 47.8 Å². The predicted octanol–water partition coefficient (Wildman–Crippen LogP) is 8.94. The minimum absolute atomic E-state index is 0.0132. The number of nitriles is 1. The summed E-state index contributed by atoms with van der Waals surface area (Å²) < 4.78 is 35.0. The number of unbranched alkanes of at least 4 members (excludes halogenated alkanes) is 1. The quantitative estimate of drug-likeness (QED) is 0.0777. The number of hydrogen-bond donors (Lipinski definition) is 2. The number of nitrogens with one attached hydrogen (secondary N) is 2. The number of rotatable bonds is 15. The van der Waals surface area contributed by atoms with Crippen molar-refractivity contribution in [3.8, 4) is 17.2 Å². The van der Waals surface area contributed by atoms with Crippen LogP contribution in [0.25, 0.3) is 16.7 Å². The Hall–Kier alpha value is -4.48. The molecule has 1 unspecified atom stereocenters. The second kappa shape index (κ2) is 15.0. The average molecular weight is 611 g/mol. The van der Waals surface area contributed by atoms with Crippen LogP contribution in [-0.4, -0.2) is 42.9 Å². The van der Waals surface area contributed by atoms with E-state index in [4.69, 9.17) is 10.1 Å². The first-order valence-electron chi connectivity index (χ1n) is 15.4. The molecule has 0 amide bonds. The minimum Gasteiger partial charge on any atom is -0.381 e. The van der Waals surface area contributed by atoms with Crippen LogP contribution >= 0.6 is 0 Å². The summed E-state index contributed by atoms with van der Waals surface area (Å²) in [6.45, 7) is 9.33. The van der Waals surface area contributed by atoms with E-state index in [-0.39, 0.29) is 42.0 Å². The molecule has 0 saturated carbocycles. The number of carbonyl (C=O) groups excluding carboxylic acids is 1. The molecule has 234 valence electrons. The monoisotopic (exact) mass is 610 g/mol. The van der Waals surface area contributed by atoms with Crippen LogP contribution in [0.15, 0.2) is 78.3 Å². The highest BCUT2D eigenvalue weighted by atomic mass is 19.3. The van der Waals surface area contributed by atoms with Gasteiger partial charge < -0.3 is 15.5 Å². The minimum atomic E-state index is -3.14. The van der Waals surface area contributed by atoms with E-state index < -0.39 is 5.92 Å². The van der Waals surface area contributed by atoms with E-state index in [1.54, 1.807) is 19.1 Å². The molecule has 4 rings (SSSR count). The van der Waals surface area contributed by atoms with Crippen molar-refractivity contribution in [3.63, 3.8) is 0 Å². The van der Waals surface area contributed by atoms with Gasteiger partial charge in [0.15, 0.2) is 0 Å². The van der Waals surface area contributed by atoms with Gasteiger partial charge in [-0.2, -0.15) is 14.0 Å². The van der Waals surface area contributed by atoms with Gasteiger partial charge in [0.2, 0.25) is 5.78 Å².